The number of hydrogen-bond acceptors (Lipinski definition) is 6. The summed E-state index contributed by atoms with van der Waals surface area (Å²) in [6.07, 6.45) is -4.42. The summed E-state index contributed by atoms with van der Waals surface area (Å²) >= 11 is 0. The highest BCUT2D eigenvalue weighted by molar-refractivity contribution is 6.11. The lowest BCUT2D eigenvalue weighted by molar-refractivity contribution is -0.236. The maximum absolute atomic E-state index is 13.6. The molecule has 1 spiro atoms. The van der Waals surface area contributed by atoms with Crippen molar-refractivity contribution in [2.24, 2.45) is 0 Å². The van der Waals surface area contributed by atoms with Gasteiger partial charge >= 0.3 is 6.18 Å². The minimum atomic E-state index is -4.56. The van der Waals surface area contributed by atoms with Gasteiger partial charge in [0.15, 0.2) is 6.10 Å². The molecule has 1 N–H and O–H groups in total. The van der Waals surface area contributed by atoms with E-state index in [-0.39, 0.29) is 31.7 Å². The molecule has 188 valence electrons. The number of para-hydroxylation sites is 1. The van der Waals surface area contributed by atoms with Crippen molar-refractivity contribution in [2.75, 3.05) is 31.1 Å². The number of anilines is 1. The number of H-pyrrole nitrogens is 1. The number of amides is 2. The Morgan fingerprint density at radius 2 is 2.03 bits per heavy atom. The largest absolute Gasteiger partial charge is 0.474 e. The number of pyridine rings is 1. The molecular formula is C24H22F3N5O4. The maximum atomic E-state index is 13.6. The third-order valence-electron chi connectivity index (χ3n) is 7.15. The summed E-state index contributed by atoms with van der Waals surface area (Å²) in [5.74, 6) is -0.352. The molecule has 4 heterocycles. The Bertz CT molecular complexity index is 1340. The lowest BCUT2D eigenvalue weighted by atomic mass is 9.63. The Labute approximate surface area is 203 Å². The Morgan fingerprint density at radius 1 is 1.22 bits per heavy atom. The molecule has 3 aromatic rings. The average Bonchev–Trinajstić information content (AvgIpc) is 3.40. The molecule has 2 aliphatic heterocycles. The van der Waals surface area contributed by atoms with Crippen LogP contribution in [0.2, 0.25) is 0 Å². The molecule has 1 saturated carbocycles. The van der Waals surface area contributed by atoms with E-state index in [1.54, 1.807) is 24.4 Å². The summed E-state index contributed by atoms with van der Waals surface area (Å²) in [5.41, 5.74) is 2.03. The van der Waals surface area contributed by atoms with E-state index in [9.17, 15) is 22.8 Å². The lowest BCUT2D eigenvalue weighted by Crippen LogP contribution is -2.56. The van der Waals surface area contributed by atoms with Crippen molar-refractivity contribution in [1.29, 1.82) is 0 Å². The molecule has 0 bridgehead atoms. The Hall–Kier alpha value is -3.67. The zero-order valence-electron chi connectivity index (χ0n) is 19.0. The van der Waals surface area contributed by atoms with Gasteiger partial charge in [-0.05, 0) is 17.7 Å². The second-order valence-corrected chi connectivity index (χ2v) is 9.33. The molecule has 1 atom stereocenters. The number of rotatable bonds is 4. The highest BCUT2D eigenvalue weighted by Crippen LogP contribution is 2.54. The number of aromatic amines is 1. The number of halogens is 3. The third kappa shape index (κ3) is 3.67. The van der Waals surface area contributed by atoms with Crippen molar-refractivity contribution in [2.45, 2.75) is 36.6 Å². The number of nitrogens with one attached hydrogen (secondary N) is 1. The number of aromatic nitrogens is 3. The fourth-order valence-electron chi connectivity index (χ4n) is 5.31. The SMILES string of the molecule is O=C(CN1C(=O)C2(CC(Oc3ccc4[nH]ncc4n3)C2)c2ccccc21)N1CCO[C@@H](C(F)(F)F)C1. The number of hydrogen-bond donors (Lipinski definition) is 1. The normalized spacial score (nSPS) is 25.8. The van der Waals surface area contributed by atoms with Gasteiger partial charge in [-0.3, -0.25) is 14.7 Å². The van der Waals surface area contributed by atoms with Crippen LogP contribution in [0, 0.1) is 0 Å². The van der Waals surface area contributed by atoms with Crippen molar-refractivity contribution in [3.63, 3.8) is 0 Å². The molecule has 1 aliphatic carbocycles. The van der Waals surface area contributed by atoms with Crippen molar-refractivity contribution in [3.8, 4) is 5.88 Å². The van der Waals surface area contributed by atoms with Gasteiger partial charge in [-0.15, -0.1) is 0 Å². The molecule has 0 unspecified atom stereocenters. The van der Waals surface area contributed by atoms with Crippen LogP contribution in [0.3, 0.4) is 0 Å². The van der Waals surface area contributed by atoms with Gasteiger partial charge in [0, 0.05) is 31.1 Å². The van der Waals surface area contributed by atoms with Crippen LogP contribution in [-0.2, 0) is 19.7 Å². The fourth-order valence-corrected chi connectivity index (χ4v) is 5.31. The van der Waals surface area contributed by atoms with Gasteiger partial charge in [0.2, 0.25) is 17.7 Å². The molecule has 12 heteroatoms. The highest BCUT2D eigenvalue weighted by Gasteiger charge is 2.59. The van der Waals surface area contributed by atoms with Crippen molar-refractivity contribution in [1.82, 2.24) is 20.1 Å². The summed E-state index contributed by atoms with van der Waals surface area (Å²) in [6.45, 7) is -1.07. The summed E-state index contributed by atoms with van der Waals surface area (Å²) in [6, 6.07) is 10.8. The molecule has 36 heavy (non-hydrogen) atoms. The Morgan fingerprint density at radius 3 is 2.83 bits per heavy atom. The molecule has 2 amide bonds. The van der Waals surface area contributed by atoms with E-state index in [1.165, 1.54) is 4.90 Å². The van der Waals surface area contributed by atoms with Crippen molar-refractivity contribution >= 4 is 28.5 Å². The minimum Gasteiger partial charge on any atom is -0.474 e. The van der Waals surface area contributed by atoms with E-state index in [2.05, 4.69) is 15.2 Å². The van der Waals surface area contributed by atoms with Gasteiger partial charge in [-0.2, -0.15) is 18.3 Å². The summed E-state index contributed by atoms with van der Waals surface area (Å²) < 4.78 is 50.1. The topological polar surface area (TPSA) is 101 Å². The summed E-state index contributed by atoms with van der Waals surface area (Å²) in [5, 5.41) is 6.77. The average molecular weight is 501 g/mol. The molecule has 6 rings (SSSR count). The van der Waals surface area contributed by atoms with E-state index in [0.29, 0.717) is 29.9 Å². The molecule has 9 nitrogen and oxygen atoms in total. The van der Waals surface area contributed by atoms with Crippen LogP contribution < -0.4 is 9.64 Å². The number of morpholine rings is 1. The van der Waals surface area contributed by atoms with E-state index >= 15 is 0 Å². The highest BCUT2D eigenvalue weighted by atomic mass is 19.4. The van der Waals surface area contributed by atoms with Gasteiger partial charge in [0.1, 0.15) is 18.2 Å². The van der Waals surface area contributed by atoms with Crippen LogP contribution in [-0.4, -0.2) is 76.5 Å². The summed E-state index contributed by atoms with van der Waals surface area (Å²) in [4.78, 5) is 33.5. The van der Waals surface area contributed by atoms with Crippen LogP contribution in [0.5, 0.6) is 5.88 Å². The van der Waals surface area contributed by atoms with Crippen molar-refractivity contribution in [3.05, 3.63) is 48.2 Å². The predicted octanol–water partition coefficient (Wildman–Crippen LogP) is 2.57. The van der Waals surface area contributed by atoms with Crippen LogP contribution in [0.25, 0.3) is 11.0 Å². The molecule has 3 aliphatic rings. The smallest absolute Gasteiger partial charge is 0.416 e. The van der Waals surface area contributed by atoms with E-state index < -0.39 is 30.1 Å². The van der Waals surface area contributed by atoms with Gasteiger partial charge in [-0.25, -0.2) is 4.98 Å². The zero-order chi connectivity index (χ0) is 25.1. The van der Waals surface area contributed by atoms with Gasteiger partial charge in [0.25, 0.3) is 0 Å². The number of alkyl halides is 3. The Balaban J connectivity index is 1.17. The Kier molecular flexibility index (Phi) is 5.18. The number of nitrogens with zero attached hydrogens (tertiary/aromatic N) is 4. The molecule has 1 saturated heterocycles. The zero-order valence-corrected chi connectivity index (χ0v) is 19.0. The van der Waals surface area contributed by atoms with Gasteiger partial charge in [0.05, 0.1) is 30.3 Å². The van der Waals surface area contributed by atoms with E-state index in [1.807, 2.05) is 18.2 Å². The first-order valence-corrected chi connectivity index (χ1v) is 11.6. The first kappa shape index (κ1) is 22.8. The van der Waals surface area contributed by atoms with Crippen LogP contribution in [0.1, 0.15) is 18.4 Å². The molecule has 2 aromatic heterocycles. The first-order valence-electron chi connectivity index (χ1n) is 11.6. The predicted molar refractivity (Wildman–Crippen MR) is 120 cm³/mol. The third-order valence-corrected chi connectivity index (χ3v) is 7.15. The van der Waals surface area contributed by atoms with Crippen molar-refractivity contribution < 1.29 is 32.2 Å². The van der Waals surface area contributed by atoms with Crippen LogP contribution in [0.15, 0.2) is 42.6 Å². The van der Waals surface area contributed by atoms with E-state index in [0.717, 1.165) is 16.0 Å². The molecular weight excluding hydrogens is 479 g/mol. The second kappa shape index (κ2) is 8.19. The number of benzene rings is 1. The number of ether oxygens (including phenoxy) is 2. The maximum Gasteiger partial charge on any atom is 0.416 e. The van der Waals surface area contributed by atoms with Crippen LogP contribution >= 0.6 is 0 Å². The molecule has 2 fully saturated rings. The first-order chi connectivity index (χ1) is 17.2. The number of carbonyl (C=O) groups is 2. The number of carbonyl (C=O) groups excluding carboxylic acids is 2. The van der Waals surface area contributed by atoms with Crippen LogP contribution in [0.4, 0.5) is 18.9 Å². The van der Waals surface area contributed by atoms with Gasteiger partial charge < -0.3 is 19.3 Å². The molecule has 1 aromatic carbocycles. The fraction of sp³-hybridized carbons (Fsp3) is 0.417. The lowest BCUT2D eigenvalue weighted by Gasteiger charge is -2.43. The van der Waals surface area contributed by atoms with Gasteiger partial charge in [-0.1, -0.05) is 18.2 Å². The second-order valence-electron chi connectivity index (χ2n) is 9.33. The monoisotopic (exact) mass is 501 g/mol. The minimum absolute atomic E-state index is 0.0458. The quantitative estimate of drug-likeness (QED) is 0.590. The number of fused-ring (bicyclic) bond motifs is 3. The standard InChI is InChI=1S/C24H22F3N5O4/c25-24(26,27)19-12-31(7-8-35-19)21(33)13-32-18-4-2-1-3-15(18)23(22(32)34)9-14(10-23)36-20-6-5-16-17(29-20)11-28-30-16/h1-6,11,14,19H,7-10,12-13H2,(H,28,30)/t14?,19-,23?/m1/s1. The molecule has 0 radical (unpaired) electrons. The summed E-state index contributed by atoms with van der Waals surface area (Å²) in [7, 11) is 0. The van der Waals surface area contributed by atoms with E-state index in [4.69, 9.17) is 9.47 Å².